The zero-order valence-corrected chi connectivity index (χ0v) is 14.3. The van der Waals surface area contributed by atoms with Crippen LogP contribution in [0.4, 0.5) is 0 Å². The van der Waals surface area contributed by atoms with Crippen molar-refractivity contribution >= 4 is 33.2 Å². The summed E-state index contributed by atoms with van der Waals surface area (Å²) < 4.78 is 27.1. The molecule has 2 atom stereocenters. The molecule has 1 aliphatic heterocycles. The van der Waals surface area contributed by atoms with Crippen LogP contribution in [0, 0.1) is 11.8 Å². The van der Waals surface area contributed by atoms with Crippen molar-refractivity contribution in [2.75, 3.05) is 13.1 Å². The van der Waals surface area contributed by atoms with Crippen LogP contribution in [-0.2, 0) is 16.6 Å². The average Bonchev–Trinajstić information content (AvgIpc) is 2.37. The van der Waals surface area contributed by atoms with Crippen LogP contribution in [-0.4, -0.2) is 30.9 Å². The Morgan fingerprint density at radius 3 is 2.33 bits per heavy atom. The van der Waals surface area contributed by atoms with Gasteiger partial charge < -0.3 is 5.11 Å². The van der Waals surface area contributed by atoms with Gasteiger partial charge in [0, 0.05) is 23.7 Å². The molecule has 1 saturated heterocycles. The first-order valence-corrected chi connectivity index (χ1v) is 9.04. The molecular weight excluding hydrogens is 333 g/mol. The fourth-order valence-corrected chi connectivity index (χ4v) is 5.41. The average molecular weight is 352 g/mol. The minimum Gasteiger partial charge on any atom is -0.392 e. The fraction of sp³-hybridized carbons (Fsp3) is 0.571. The van der Waals surface area contributed by atoms with Crippen molar-refractivity contribution in [1.29, 1.82) is 0 Å². The van der Waals surface area contributed by atoms with Crippen LogP contribution in [0.2, 0.25) is 10.0 Å². The zero-order chi connectivity index (χ0) is 15.8. The Balaban J connectivity index is 2.45. The van der Waals surface area contributed by atoms with E-state index in [2.05, 4.69) is 0 Å². The molecule has 0 spiro atoms. The molecule has 2 unspecified atom stereocenters. The summed E-state index contributed by atoms with van der Waals surface area (Å²) in [6, 6.07) is 2.87. The highest BCUT2D eigenvalue weighted by Crippen LogP contribution is 2.34. The zero-order valence-electron chi connectivity index (χ0n) is 12.0. The molecule has 1 aromatic rings. The normalized spacial score (nSPS) is 24.2. The van der Waals surface area contributed by atoms with Gasteiger partial charge in [-0.05, 0) is 30.4 Å². The standard InChI is InChI=1S/C14H19Cl2NO3S/c1-9-5-10(2)7-17(6-9)21(19,20)13-4-3-12(15)11(8-18)14(13)16/h3-4,9-10,18H,5-8H2,1-2H3. The molecule has 1 N–H and O–H groups in total. The highest BCUT2D eigenvalue weighted by atomic mass is 35.5. The van der Waals surface area contributed by atoms with Gasteiger partial charge in [-0.25, -0.2) is 8.42 Å². The highest BCUT2D eigenvalue weighted by Gasteiger charge is 2.33. The lowest BCUT2D eigenvalue weighted by Crippen LogP contribution is -2.42. The molecule has 0 amide bonds. The molecule has 0 aromatic heterocycles. The minimum absolute atomic E-state index is 0.0101. The Morgan fingerprint density at radius 1 is 1.24 bits per heavy atom. The summed E-state index contributed by atoms with van der Waals surface area (Å²) in [7, 11) is -3.68. The smallest absolute Gasteiger partial charge is 0.244 e. The molecule has 21 heavy (non-hydrogen) atoms. The van der Waals surface area contributed by atoms with Gasteiger partial charge in [-0.15, -0.1) is 0 Å². The molecular formula is C14H19Cl2NO3S. The van der Waals surface area contributed by atoms with Gasteiger partial charge in [-0.1, -0.05) is 37.0 Å². The third-order valence-electron chi connectivity index (χ3n) is 3.76. The predicted molar refractivity (Wildman–Crippen MR) is 84.1 cm³/mol. The summed E-state index contributed by atoms with van der Waals surface area (Å²) in [5, 5.41) is 9.58. The van der Waals surface area contributed by atoms with Gasteiger partial charge in [0.1, 0.15) is 4.90 Å². The first kappa shape index (κ1) is 17.0. The Hall–Kier alpha value is -0.330. The number of rotatable bonds is 3. The van der Waals surface area contributed by atoms with Crippen LogP contribution in [0.1, 0.15) is 25.8 Å². The first-order chi connectivity index (χ1) is 9.77. The molecule has 0 radical (unpaired) electrons. The maximum absolute atomic E-state index is 12.8. The molecule has 2 rings (SSSR count). The van der Waals surface area contributed by atoms with Crippen LogP contribution in [0.5, 0.6) is 0 Å². The second-order valence-corrected chi connectivity index (χ2v) is 8.46. The van der Waals surface area contributed by atoms with Crippen LogP contribution in [0.15, 0.2) is 17.0 Å². The molecule has 1 heterocycles. The molecule has 1 fully saturated rings. The number of benzene rings is 1. The Kier molecular flexibility index (Phi) is 5.21. The van der Waals surface area contributed by atoms with E-state index in [1.54, 1.807) is 0 Å². The number of aliphatic hydroxyl groups is 1. The van der Waals surface area contributed by atoms with E-state index in [1.165, 1.54) is 16.4 Å². The first-order valence-electron chi connectivity index (χ1n) is 6.85. The summed E-state index contributed by atoms with van der Waals surface area (Å²) in [5.41, 5.74) is 0.248. The molecule has 0 aliphatic carbocycles. The van der Waals surface area contributed by atoms with Gasteiger partial charge in [-0.3, -0.25) is 0 Å². The highest BCUT2D eigenvalue weighted by molar-refractivity contribution is 7.89. The van der Waals surface area contributed by atoms with Crippen LogP contribution >= 0.6 is 23.2 Å². The van der Waals surface area contributed by atoms with Crippen molar-refractivity contribution in [1.82, 2.24) is 4.31 Å². The third kappa shape index (κ3) is 3.37. The lowest BCUT2D eigenvalue weighted by atomic mass is 9.94. The van der Waals surface area contributed by atoms with Gasteiger partial charge in [-0.2, -0.15) is 4.31 Å². The predicted octanol–water partition coefficient (Wildman–Crippen LogP) is 3.15. The quantitative estimate of drug-likeness (QED) is 0.909. The van der Waals surface area contributed by atoms with E-state index in [0.29, 0.717) is 24.9 Å². The Labute approximate surface area is 135 Å². The second kappa shape index (κ2) is 6.42. The van der Waals surface area contributed by atoms with Crippen molar-refractivity contribution in [3.63, 3.8) is 0 Å². The Bertz CT molecular complexity index is 623. The molecule has 1 aliphatic rings. The maximum atomic E-state index is 12.8. The summed E-state index contributed by atoms with van der Waals surface area (Å²) in [6.07, 6.45) is 1.02. The number of nitrogens with zero attached hydrogens (tertiary/aromatic N) is 1. The van der Waals surface area contributed by atoms with Crippen molar-refractivity contribution in [2.45, 2.75) is 31.8 Å². The largest absolute Gasteiger partial charge is 0.392 e. The van der Waals surface area contributed by atoms with Gasteiger partial charge in [0.05, 0.1) is 11.6 Å². The summed E-state index contributed by atoms with van der Waals surface area (Å²) in [5.74, 6) is 0.624. The van der Waals surface area contributed by atoms with Gasteiger partial charge in [0.15, 0.2) is 0 Å². The van der Waals surface area contributed by atoms with E-state index in [9.17, 15) is 13.5 Å². The van der Waals surface area contributed by atoms with E-state index in [4.69, 9.17) is 23.2 Å². The number of sulfonamides is 1. The van der Waals surface area contributed by atoms with Gasteiger partial charge in [0.2, 0.25) is 10.0 Å². The SMILES string of the molecule is CC1CC(C)CN(S(=O)(=O)c2ccc(Cl)c(CO)c2Cl)C1. The van der Waals surface area contributed by atoms with E-state index >= 15 is 0 Å². The van der Waals surface area contributed by atoms with Crippen molar-refractivity contribution in [3.05, 3.63) is 27.7 Å². The van der Waals surface area contributed by atoms with E-state index < -0.39 is 16.6 Å². The molecule has 1 aromatic carbocycles. The number of halogens is 2. The Morgan fingerprint density at radius 2 is 1.81 bits per heavy atom. The second-order valence-electron chi connectivity index (χ2n) is 5.76. The maximum Gasteiger partial charge on any atom is 0.244 e. The van der Waals surface area contributed by atoms with E-state index in [0.717, 1.165) is 6.42 Å². The number of aliphatic hydroxyl groups excluding tert-OH is 1. The number of hydrogen-bond acceptors (Lipinski definition) is 3. The van der Waals surface area contributed by atoms with Crippen molar-refractivity contribution < 1.29 is 13.5 Å². The summed E-state index contributed by atoms with van der Waals surface area (Å²) in [4.78, 5) is 0.0129. The van der Waals surface area contributed by atoms with Crippen molar-refractivity contribution in [3.8, 4) is 0 Å². The van der Waals surface area contributed by atoms with Gasteiger partial charge >= 0.3 is 0 Å². The minimum atomic E-state index is -3.68. The lowest BCUT2D eigenvalue weighted by Gasteiger charge is -2.34. The summed E-state index contributed by atoms with van der Waals surface area (Å²) in [6.45, 7) is 4.66. The molecule has 7 heteroatoms. The number of piperidine rings is 1. The van der Waals surface area contributed by atoms with Gasteiger partial charge in [0.25, 0.3) is 0 Å². The van der Waals surface area contributed by atoms with E-state index in [1.807, 2.05) is 13.8 Å². The summed E-state index contributed by atoms with van der Waals surface area (Å²) >= 11 is 12.1. The topological polar surface area (TPSA) is 57.6 Å². The van der Waals surface area contributed by atoms with Crippen LogP contribution in [0.25, 0.3) is 0 Å². The molecule has 0 bridgehead atoms. The third-order valence-corrected chi connectivity index (χ3v) is 6.53. The molecule has 4 nitrogen and oxygen atoms in total. The van der Waals surface area contributed by atoms with E-state index in [-0.39, 0.29) is 20.5 Å². The fourth-order valence-electron chi connectivity index (χ4n) is 2.86. The monoisotopic (exact) mass is 351 g/mol. The lowest BCUT2D eigenvalue weighted by molar-refractivity contribution is 0.222. The molecule has 0 saturated carbocycles. The van der Waals surface area contributed by atoms with Crippen molar-refractivity contribution in [2.24, 2.45) is 11.8 Å². The van der Waals surface area contributed by atoms with Crippen LogP contribution in [0.3, 0.4) is 0 Å². The van der Waals surface area contributed by atoms with Crippen LogP contribution < -0.4 is 0 Å². The molecule has 118 valence electrons. The number of hydrogen-bond donors (Lipinski definition) is 1.